The third-order valence-electron chi connectivity index (χ3n) is 4.01. The fourth-order valence-electron chi connectivity index (χ4n) is 2.48. The Labute approximate surface area is 153 Å². The molecule has 1 aromatic heterocycles. The highest BCUT2D eigenvalue weighted by atomic mass is 32.2. The smallest absolute Gasteiger partial charge is 0.232 e. The summed E-state index contributed by atoms with van der Waals surface area (Å²) >= 11 is 0. The predicted molar refractivity (Wildman–Crippen MR) is 89.4 cm³/mol. The number of sulfonamides is 1. The number of hydrogen-bond donors (Lipinski definition) is 1. The largest absolute Gasteiger partial charge is 0.280 e. The first kappa shape index (κ1) is 21.1. The lowest BCUT2D eigenvalue weighted by Crippen LogP contribution is -2.17. The molecule has 2 rings (SSSR count). The van der Waals surface area contributed by atoms with Crippen molar-refractivity contribution in [3.05, 3.63) is 46.0 Å². The number of halogens is 5. The number of hydrogen-bond acceptors (Lipinski definition) is 3. The van der Waals surface area contributed by atoms with Gasteiger partial charge in [0.2, 0.25) is 15.8 Å². The average molecular weight is 411 g/mol. The van der Waals surface area contributed by atoms with Crippen LogP contribution in [-0.2, 0) is 16.6 Å². The fourth-order valence-corrected chi connectivity index (χ4v) is 3.86. The number of benzene rings is 1. The Balaban J connectivity index is 2.41. The molecule has 0 radical (unpaired) electrons. The van der Waals surface area contributed by atoms with Crippen molar-refractivity contribution in [3.63, 3.8) is 0 Å². The van der Waals surface area contributed by atoms with E-state index in [2.05, 4.69) is 9.82 Å². The first-order chi connectivity index (χ1) is 12.5. The van der Waals surface area contributed by atoms with Gasteiger partial charge in [0.25, 0.3) is 0 Å². The highest BCUT2D eigenvalue weighted by molar-refractivity contribution is 7.92. The summed E-state index contributed by atoms with van der Waals surface area (Å²) in [4.78, 5) is 0. The Morgan fingerprint density at radius 2 is 1.48 bits per heavy atom. The van der Waals surface area contributed by atoms with Crippen LogP contribution in [0.1, 0.15) is 36.7 Å². The van der Waals surface area contributed by atoms with E-state index < -0.39 is 51.2 Å². The molecule has 1 aromatic carbocycles. The number of unbranched alkanes of at least 4 members (excludes halogenated alkanes) is 1. The number of anilines is 1. The molecular weight excluding hydrogens is 393 g/mol. The van der Waals surface area contributed by atoms with Gasteiger partial charge in [-0.1, -0.05) is 13.3 Å². The Morgan fingerprint density at radius 3 is 2.00 bits per heavy atom. The third kappa shape index (κ3) is 4.23. The van der Waals surface area contributed by atoms with Crippen LogP contribution in [0, 0.1) is 42.9 Å². The van der Waals surface area contributed by atoms with Gasteiger partial charge in [-0.2, -0.15) is 5.10 Å². The molecule has 0 amide bonds. The van der Waals surface area contributed by atoms with E-state index >= 15 is 0 Å². The summed E-state index contributed by atoms with van der Waals surface area (Å²) in [5.74, 6) is -10.4. The molecule has 0 saturated carbocycles. The number of aryl methyl sites for hydroxylation is 1. The summed E-state index contributed by atoms with van der Waals surface area (Å²) in [6, 6.07) is 0. The minimum atomic E-state index is -3.66. The molecule has 0 saturated heterocycles. The van der Waals surface area contributed by atoms with E-state index in [1.54, 1.807) is 0 Å². The second kappa shape index (κ2) is 7.83. The first-order valence-corrected chi connectivity index (χ1v) is 9.70. The maximum absolute atomic E-state index is 13.9. The zero-order valence-corrected chi connectivity index (χ0v) is 15.7. The average Bonchev–Trinajstić information content (AvgIpc) is 2.87. The predicted octanol–water partition coefficient (Wildman–Crippen LogP) is 3.79. The van der Waals surface area contributed by atoms with Gasteiger partial charge in [-0.3, -0.25) is 9.40 Å². The number of rotatable bonds is 7. The van der Waals surface area contributed by atoms with Crippen LogP contribution < -0.4 is 4.72 Å². The molecule has 27 heavy (non-hydrogen) atoms. The molecule has 1 N–H and O–H groups in total. The highest BCUT2D eigenvalue weighted by Gasteiger charge is 2.27. The van der Waals surface area contributed by atoms with Crippen LogP contribution in [0.5, 0.6) is 0 Å². The molecular formula is C16H18F5N3O2S. The quantitative estimate of drug-likeness (QED) is 0.428. The van der Waals surface area contributed by atoms with Crippen molar-refractivity contribution in [2.24, 2.45) is 0 Å². The zero-order chi connectivity index (χ0) is 20.5. The number of nitrogens with zero attached hydrogens (tertiary/aromatic N) is 2. The first-order valence-electron chi connectivity index (χ1n) is 8.05. The Kier molecular flexibility index (Phi) is 6.13. The maximum atomic E-state index is 13.9. The maximum Gasteiger partial charge on any atom is 0.232 e. The second-order valence-corrected chi connectivity index (χ2v) is 7.87. The molecule has 0 spiro atoms. The molecule has 1 heterocycles. The topological polar surface area (TPSA) is 64.0 Å². The van der Waals surface area contributed by atoms with E-state index in [1.807, 2.05) is 6.92 Å². The van der Waals surface area contributed by atoms with E-state index in [-0.39, 0.29) is 22.8 Å². The van der Waals surface area contributed by atoms with Gasteiger partial charge < -0.3 is 0 Å². The summed E-state index contributed by atoms with van der Waals surface area (Å²) in [7, 11) is -3.66. The summed E-state index contributed by atoms with van der Waals surface area (Å²) in [5.41, 5.74) is -0.569. The van der Waals surface area contributed by atoms with Gasteiger partial charge in [-0.25, -0.2) is 30.4 Å². The fraction of sp³-hybridized carbons (Fsp3) is 0.438. The molecule has 0 bridgehead atoms. The zero-order valence-electron chi connectivity index (χ0n) is 14.8. The molecule has 150 valence electrons. The van der Waals surface area contributed by atoms with Crippen molar-refractivity contribution < 1.29 is 30.4 Å². The molecule has 2 aromatic rings. The molecule has 0 aliphatic heterocycles. The molecule has 0 atom stereocenters. The van der Waals surface area contributed by atoms with Crippen LogP contribution >= 0.6 is 0 Å². The van der Waals surface area contributed by atoms with Crippen molar-refractivity contribution in [3.8, 4) is 0 Å². The molecule has 0 fully saturated rings. The normalized spacial score (nSPS) is 11.9. The van der Waals surface area contributed by atoms with Crippen LogP contribution in [0.3, 0.4) is 0 Å². The lowest BCUT2D eigenvalue weighted by molar-refractivity contribution is 0.366. The highest BCUT2D eigenvalue weighted by Crippen LogP contribution is 2.26. The van der Waals surface area contributed by atoms with Gasteiger partial charge in [-0.15, -0.1) is 0 Å². The molecule has 0 aliphatic rings. The molecule has 5 nitrogen and oxygen atoms in total. The minimum absolute atomic E-state index is 0.106. The van der Waals surface area contributed by atoms with Crippen molar-refractivity contribution >= 4 is 15.7 Å². The van der Waals surface area contributed by atoms with Gasteiger partial charge in [0.15, 0.2) is 23.3 Å². The Morgan fingerprint density at radius 1 is 0.963 bits per heavy atom. The van der Waals surface area contributed by atoms with Crippen LogP contribution in [0.15, 0.2) is 0 Å². The van der Waals surface area contributed by atoms with E-state index in [0.717, 1.165) is 4.68 Å². The van der Waals surface area contributed by atoms with Gasteiger partial charge in [-0.05, 0) is 20.3 Å². The Bertz CT molecular complexity index is 944. The van der Waals surface area contributed by atoms with E-state index in [4.69, 9.17) is 0 Å². The monoisotopic (exact) mass is 411 g/mol. The third-order valence-corrected chi connectivity index (χ3v) is 5.36. The van der Waals surface area contributed by atoms with Crippen LogP contribution in [0.25, 0.3) is 0 Å². The second-order valence-electron chi connectivity index (χ2n) is 6.03. The number of nitrogens with one attached hydrogen (secondary N) is 1. The van der Waals surface area contributed by atoms with Crippen LogP contribution in [0.2, 0.25) is 0 Å². The van der Waals surface area contributed by atoms with Crippen LogP contribution in [0.4, 0.5) is 27.6 Å². The van der Waals surface area contributed by atoms with E-state index in [1.165, 1.54) is 13.8 Å². The van der Waals surface area contributed by atoms with Crippen molar-refractivity contribution in [1.29, 1.82) is 0 Å². The lowest BCUT2D eigenvalue weighted by atomic mass is 10.1. The SMILES string of the molecule is CCCCS(=O)(=O)Nc1c(C)nn(Cc2c(F)c(F)c(F)c(F)c2F)c1C. The molecule has 0 aliphatic carbocycles. The van der Waals surface area contributed by atoms with Crippen LogP contribution in [-0.4, -0.2) is 24.0 Å². The summed E-state index contributed by atoms with van der Waals surface area (Å²) in [6.07, 6.45) is 1.10. The molecule has 11 heteroatoms. The lowest BCUT2D eigenvalue weighted by Gasteiger charge is -2.11. The molecule has 0 unspecified atom stereocenters. The minimum Gasteiger partial charge on any atom is -0.280 e. The van der Waals surface area contributed by atoms with Gasteiger partial charge in [0, 0.05) is 0 Å². The van der Waals surface area contributed by atoms with Gasteiger partial charge in [0.05, 0.1) is 34.9 Å². The Hall–Kier alpha value is -2.17. The summed E-state index contributed by atoms with van der Waals surface area (Å²) < 4.78 is 95.0. The summed E-state index contributed by atoms with van der Waals surface area (Å²) in [5, 5.41) is 3.95. The van der Waals surface area contributed by atoms with Gasteiger partial charge in [0.1, 0.15) is 0 Å². The summed E-state index contributed by atoms with van der Waals surface area (Å²) in [6.45, 7) is 3.95. The van der Waals surface area contributed by atoms with E-state index in [0.29, 0.717) is 12.8 Å². The van der Waals surface area contributed by atoms with E-state index in [9.17, 15) is 30.4 Å². The van der Waals surface area contributed by atoms with Crippen molar-refractivity contribution in [1.82, 2.24) is 9.78 Å². The van der Waals surface area contributed by atoms with Gasteiger partial charge >= 0.3 is 0 Å². The standard InChI is InChI=1S/C16H18F5N3O2S/c1-4-5-6-27(25,26)23-16-8(2)22-24(9(16)3)7-10-11(17)13(19)15(21)14(20)12(10)18/h23H,4-7H2,1-3H3. The van der Waals surface area contributed by atoms with Crippen molar-refractivity contribution in [2.75, 3.05) is 10.5 Å². The number of aromatic nitrogens is 2. The van der Waals surface area contributed by atoms with Crippen molar-refractivity contribution in [2.45, 2.75) is 40.2 Å².